The van der Waals surface area contributed by atoms with E-state index in [4.69, 9.17) is 5.11 Å². The van der Waals surface area contributed by atoms with Crippen LogP contribution in [0.25, 0.3) is 0 Å². The molecule has 0 aromatic carbocycles. The van der Waals surface area contributed by atoms with E-state index in [2.05, 4.69) is 0 Å². The molecular formula is C10H18O2. The van der Waals surface area contributed by atoms with E-state index in [-0.39, 0.29) is 5.41 Å². The molecule has 0 saturated heterocycles. The number of carbonyl (C=O) groups excluding carboxylic acids is 1. The molecule has 2 atom stereocenters. The molecule has 0 aliphatic heterocycles. The molecule has 0 heterocycles. The number of fused-ring (bicyclic) bond motifs is 2. The first-order valence-corrected chi connectivity index (χ1v) is 4.76. The Morgan fingerprint density at radius 3 is 2.67 bits per heavy atom. The molecule has 0 radical (unpaired) electrons. The number of hydrogen-bond acceptors (Lipinski definition) is 2. The van der Waals surface area contributed by atoms with Gasteiger partial charge in [-0.3, -0.25) is 0 Å². The third-order valence-corrected chi connectivity index (χ3v) is 3.28. The molecule has 2 nitrogen and oxygen atoms in total. The fourth-order valence-corrected chi connectivity index (χ4v) is 2.65. The van der Waals surface area contributed by atoms with Crippen LogP contribution in [0.15, 0.2) is 0 Å². The maximum Gasteiger partial charge on any atom is 0.126 e. The van der Waals surface area contributed by atoms with E-state index in [1.54, 1.807) is 0 Å². The summed E-state index contributed by atoms with van der Waals surface area (Å²) in [4.78, 5) is 10.7. The van der Waals surface area contributed by atoms with Gasteiger partial charge in [-0.25, -0.2) is 0 Å². The smallest absolute Gasteiger partial charge is 0.126 e. The molecule has 2 rings (SSSR count). The van der Waals surface area contributed by atoms with Gasteiger partial charge in [0.15, 0.2) is 0 Å². The van der Waals surface area contributed by atoms with Crippen molar-refractivity contribution in [3.8, 4) is 0 Å². The summed E-state index contributed by atoms with van der Waals surface area (Å²) >= 11 is 0. The van der Waals surface area contributed by atoms with Crippen molar-refractivity contribution in [2.75, 3.05) is 7.11 Å². The molecule has 2 heteroatoms. The third-order valence-electron chi connectivity index (χ3n) is 3.28. The van der Waals surface area contributed by atoms with Gasteiger partial charge in [0.2, 0.25) is 0 Å². The van der Waals surface area contributed by atoms with Crippen molar-refractivity contribution in [1.82, 2.24) is 0 Å². The Balaban J connectivity index is 0.000000336. The van der Waals surface area contributed by atoms with Gasteiger partial charge < -0.3 is 9.90 Å². The van der Waals surface area contributed by atoms with E-state index >= 15 is 0 Å². The molecule has 12 heavy (non-hydrogen) atoms. The lowest BCUT2D eigenvalue weighted by Crippen LogP contribution is -2.21. The number of aliphatic hydroxyl groups excluding tert-OH is 1. The van der Waals surface area contributed by atoms with Gasteiger partial charge in [-0.15, -0.1) is 0 Å². The van der Waals surface area contributed by atoms with Gasteiger partial charge in [-0.05, 0) is 31.6 Å². The normalized spacial score (nSPS) is 38.3. The van der Waals surface area contributed by atoms with Crippen LogP contribution in [-0.2, 0) is 4.79 Å². The standard InChI is InChI=1S/C9H14O.CH4O/c10-7-9-4-1-2-8(6-9)3-5-9;1-2/h7-8H,1-6H2;2H,1H3. The monoisotopic (exact) mass is 170 g/mol. The van der Waals surface area contributed by atoms with Gasteiger partial charge in [0.25, 0.3) is 0 Å². The Kier molecular flexibility index (Phi) is 3.27. The van der Waals surface area contributed by atoms with Crippen molar-refractivity contribution in [3.63, 3.8) is 0 Å². The lowest BCUT2D eigenvalue weighted by atomic mass is 9.77. The van der Waals surface area contributed by atoms with Gasteiger partial charge in [0.05, 0.1) is 0 Å². The average Bonchev–Trinajstić information content (AvgIpc) is 2.46. The average molecular weight is 170 g/mol. The molecule has 70 valence electrons. The molecule has 0 aromatic heterocycles. The fraction of sp³-hybridized carbons (Fsp3) is 0.900. The van der Waals surface area contributed by atoms with Crippen LogP contribution in [0, 0.1) is 11.3 Å². The number of aldehydes is 1. The van der Waals surface area contributed by atoms with E-state index in [1.807, 2.05) is 0 Å². The van der Waals surface area contributed by atoms with E-state index in [0.717, 1.165) is 13.0 Å². The van der Waals surface area contributed by atoms with Crippen molar-refractivity contribution in [1.29, 1.82) is 0 Å². The third kappa shape index (κ3) is 1.69. The molecule has 2 bridgehead atoms. The predicted molar refractivity (Wildman–Crippen MR) is 47.8 cm³/mol. The van der Waals surface area contributed by atoms with E-state index in [0.29, 0.717) is 0 Å². The molecule has 2 saturated carbocycles. The van der Waals surface area contributed by atoms with Crippen LogP contribution >= 0.6 is 0 Å². The van der Waals surface area contributed by atoms with Crippen molar-refractivity contribution in [3.05, 3.63) is 0 Å². The predicted octanol–water partition coefficient (Wildman–Crippen LogP) is 1.76. The minimum atomic E-state index is 0.156. The molecular weight excluding hydrogens is 152 g/mol. The summed E-state index contributed by atoms with van der Waals surface area (Å²) in [6, 6.07) is 0. The lowest BCUT2D eigenvalue weighted by molar-refractivity contribution is -0.117. The van der Waals surface area contributed by atoms with Crippen molar-refractivity contribution >= 4 is 6.29 Å². The second kappa shape index (κ2) is 4.04. The Bertz CT molecular complexity index is 152. The summed E-state index contributed by atoms with van der Waals surface area (Å²) in [5.41, 5.74) is 0.156. The van der Waals surface area contributed by atoms with Gasteiger partial charge in [0.1, 0.15) is 6.29 Å². The molecule has 2 aliphatic rings. The Morgan fingerprint density at radius 2 is 2.08 bits per heavy atom. The highest BCUT2D eigenvalue weighted by Gasteiger charge is 2.41. The number of rotatable bonds is 1. The van der Waals surface area contributed by atoms with Crippen LogP contribution in [0.3, 0.4) is 0 Å². The number of carbonyl (C=O) groups is 1. The zero-order valence-corrected chi connectivity index (χ0v) is 7.75. The summed E-state index contributed by atoms with van der Waals surface area (Å²) < 4.78 is 0. The second-order valence-electron chi connectivity index (χ2n) is 3.98. The van der Waals surface area contributed by atoms with E-state index in [9.17, 15) is 4.79 Å². The Morgan fingerprint density at radius 1 is 1.33 bits per heavy atom. The van der Waals surface area contributed by atoms with Crippen LogP contribution in [-0.4, -0.2) is 18.5 Å². The minimum absolute atomic E-state index is 0.156. The van der Waals surface area contributed by atoms with Crippen LogP contribution in [0.2, 0.25) is 0 Å². The summed E-state index contributed by atoms with van der Waals surface area (Å²) in [5.74, 6) is 0.902. The molecule has 0 amide bonds. The van der Waals surface area contributed by atoms with Crippen molar-refractivity contribution < 1.29 is 9.90 Å². The Hall–Kier alpha value is -0.370. The minimum Gasteiger partial charge on any atom is -0.400 e. The van der Waals surface area contributed by atoms with Gasteiger partial charge in [-0.2, -0.15) is 0 Å². The zero-order chi connectivity index (χ0) is 9.03. The van der Waals surface area contributed by atoms with Crippen LogP contribution in [0.4, 0.5) is 0 Å². The highest BCUT2D eigenvalue weighted by molar-refractivity contribution is 5.60. The number of aliphatic hydroxyl groups is 1. The summed E-state index contributed by atoms with van der Waals surface area (Å²) in [6.45, 7) is 0. The molecule has 0 spiro atoms. The topological polar surface area (TPSA) is 37.3 Å². The van der Waals surface area contributed by atoms with E-state index < -0.39 is 0 Å². The molecule has 1 N–H and O–H groups in total. The summed E-state index contributed by atoms with van der Waals surface area (Å²) in [6.07, 6.45) is 8.79. The molecule has 2 unspecified atom stereocenters. The van der Waals surface area contributed by atoms with E-state index in [1.165, 1.54) is 44.8 Å². The largest absolute Gasteiger partial charge is 0.400 e. The zero-order valence-electron chi connectivity index (χ0n) is 7.75. The maximum atomic E-state index is 10.7. The van der Waals surface area contributed by atoms with Crippen LogP contribution < -0.4 is 0 Å². The van der Waals surface area contributed by atoms with Crippen molar-refractivity contribution in [2.45, 2.75) is 38.5 Å². The SMILES string of the molecule is CO.O=CC12CCCC(CC1)C2. The molecule has 2 aliphatic carbocycles. The highest BCUT2D eigenvalue weighted by atomic mass is 16.2. The number of hydrogen-bond donors (Lipinski definition) is 1. The molecule has 2 fully saturated rings. The van der Waals surface area contributed by atoms with Gasteiger partial charge in [0, 0.05) is 12.5 Å². The first-order chi connectivity index (χ1) is 5.85. The Labute approximate surface area is 74.0 Å². The first-order valence-electron chi connectivity index (χ1n) is 4.76. The van der Waals surface area contributed by atoms with Gasteiger partial charge >= 0.3 is 0 Å². The lowest BCUT2D eigenvalue weighted by Gasteiger charge is -2.26. The summed E-state index contributed by atoms with van der Waals surface area (Å²) in [7, 11) is 1.00. The van der Waals surface area contributed by atoms with Crippen molar-refractivity contribution in [2.24, 2.45) is 11.3 Å². The quantitative estimate of drug-likeness (QED) is 0.609. The van der Waals surface area contributed by atoms with Crippen LogP contribution in [0.1, 0.15) is 38.5 Å². The highest BCUT2D eigenvalue weighted by Crippen LogP contribution is 2.49. The maximum absolute atomic E-state index is 10.7. The second-order valence-corrected chi connectivity index (χ2v) is 3.98. The summed E-state index contributed by atoms with van der Waals surface area (Å²) in [5, 5.41) is 7.00. The van der Waals surface area contributed by atoms with Crippen LogP contribution in [0.5, 0.6) is 0 Å². The molecule has 0 aromatic rings. The van der Waals surface area contributed by atoms with Gasteiger partial charge in [-0.1, -0.05) is 12.8 Å². The fourth-order valence-electron chi connectivity index (χ4n) is 2.65. The first kappa shape index (κ1) is 9.72.